The van der Waals surface area contributed by atoms with Gasteiger partial charge in [0.15, 0.2) is 5.83 Å². The van der Waals surface area contributed by atoms with E-state index in [0.29, 0.717) is 5.02 Å². The van der Waals surface area contributed by atoms with Gasteiger partial charge in [-0.15, -0.1) is 0 Å². The SMILES string of the molecule is COC1CCC[C@H](N2C=C(F)C=NC2c2c[nH]c3ncc(Cl)cc23)C1. The molecule has 5 nitrogen and oxygen atoms in total. The average Bonchev–Trinajstić information content (AvgIpc) is 3.04. The van der Waals surface area contributed by atoms with Gasteiger partial charge >= 0.3 is 0 Å². The maximum atomic E-state index is 14.0. The number of aromatic amines is 1. The Balaban J connectivity index is 1.71. The largest absolute Gasteiger partial charge is 0.381 e. The highest BCUT2D eigenvalue weighted by atomic mass is 35.5. The zero-order chi connectivity index (χ0) is 17.4. The topological polar surface area (TPSA) is 53.5 Å². The summed E-state index contributed by atoms with van der Waals surface area (Å²) in [5.74, 6) is -0.327. The molecule has 2 unspecified atom stereocenters. The van der Waals surface area contributed by atoms with Gasteiger partial charge in [0, 0.05) is 42.7 Å². The molecule has 4 rings (SSSR count). The van der Waals surface area contributed by atoms with Gasteiger partial charge in [0.05, 0.1) is 17.3 Å². The number of ether oxygens (including phenoxy) is 1. The standard InChI is InChI=1S/C18H20ClFN4O/c1-25-14-4-2-3-13(6-14)24-10-12(20)8-23-18(24)16-9-22-17-15(16)5-11(19)7-21-17/h5,7-10,13-14,18H,2-4,6H2,1H3,(H,21,22)/t13-,14?,18?/m0/s1. The summed E-state index contributed by atoms with van der Waals surface area (Å²) in [6.45, 7) is 0. The summed E-state index contributed by atoms with van der Waals surface area (Å²) in [7, 11) is 1.74. The van der Waals surface area contributed by atoms with Crippen LogP contribution in [0.4, 0.5) is 4.39 Å². The Labute approximate surface area is 150 Å². The summed E-state index contributed by atoms with van der Waals surface area (Å²) in [5, 5.41) is 1.48. The quantitative estimate of drug-likeness (QED) is 0.882. The molecule has 1 aliphatic heterocycles. The van der Waals surface area contributed by atoms with Crippen LogP contribution in [0.3, 0.4) is 0 Å². The van der Waals surface area contributed by atoms with Crippen molar-refractivity contribution in [3.8, 4) is 0 Å². The molecular weight excluding hydrogens is 343 g/mol. The molecule has 0 spiro atoms. The van der Waals surface area contributed by atoms with E-state index < -0.39 is 0 Å². The lowest BCUT2D eigenvalue weighted by molar-refractivity contribution is 0.0300. The molecule has 0 bridgehead atoms. The van der Waals surface area contributed by atoms with Crippen LogP contribution in [0, 0.1) is 0 Å². The highest BCUT2D eigenvalue weighted by Gasteiger charge is 2.33. The molecule has 0 amide bonds. The summed E-state index contributed by atoms with van der Waals surface area (Å²) in [6.07, 6.45) is 10.2. The zero-order valence-corrected chi connectivity index (χ0v) is 14.7. The second-order valence-electron chi connectivity index (χ2n) is 6.58. The number of H-pyrrole nitrogens is 1. The van der Waals surface area contributed by atoms with Crippen molar-refractivity contribution in [3.63, 3.8) is 0 Å². The molecule has 2 aliphatic rings. The van der Waals surface area contributed by atoms with E-state index in [0.717, 1.165) is 42.3 Å². The minimum absolute atomic E-state index is 0.184. The summed E-state index contributed by atoms with van der Waals surface area (Å²) in [6, 6.07) is 2.06. The number of fused-ring (bicyclic) bond motifs is 1. The molecule has 0 aromatic carbocycles. The fourth-order valence-electron chi connectivity index (χ4n) is 3.83. The third kappa shape index (κ3) is 3.16. The van der Waals surface area contributed by atoms with E-state index in [1.807, 2.05) is 17.2 Å². The summed E-state index contributed by atoms with van der Waals surface area (Å²) >= 11 is 6.12. The van der Waals surface area contributed by atoms with Crippen molar-refractivity contribution in [2.24, 2.45) is 4.99 Å². The van der Waals surface area contributed by atoms with Crippen LogP contribution in [-0.2, 0) is 4.74 Å². The number of rotatable bonds is 3. The molecule has 3 heterocycles. The smallest absolute Gasteiger partial charge is 0.156 e. The van der Waals surface area contributed by atoms with Crippen molar-refractivity contribution < 1.29 is 9.13 Å². The Kier molecular flexibility index (Phi) is 4.48. The summed E-state index contributed by atoms with van der Waals surface area (Å²) in [4.78, 5) is 13.9. The summed E-state index contributed by atoms with van der Waals surface area (Å²) < 4.78 is 19.5. The Bertz CT molecular complexity index is 834. The van der Waals surface area contributed by atoms with Crippen LogP contribution in [0.25, 0.3) is 11.0 Å². The van der Waals surface area contributed by atoms with E-state index in [-0.39, 0.29) is 24.1 Å². The van der Waals surface area contributed by atoms with Gasteiger partial charge in [-0.3, -0.25) is 4.99 Å². The third-order valence-corrected chi connectivity index (χ3v) is 5.26. The Hall–Kier alpha value is -1.92. The first-order valence-corrected chi connectivity index (χ1v) is 8.87. The molecule has 132 valence electrons. The maximum absolute atomic E-state index is 14.0. The second kappa shape index (κ2) is 6.77. The van der Waals surface area contributed by atoms with Crippen molar-refractivity contribution in [1.82, 2.24) is 14.9 Å². The fraction of sp³-hybridized carbons (Fsp3) is 0.444. The van der Waals surface area contributed by atoms with E-state index in [9.17, 15) is 4.39 Å². The number of allylic oxidation sites excluding steroid dienone is 1. The number of aromatic nitrogens is 2. The molecule has 1 aliphatic carbocycles. The van der Waals surface area contributed by atoms with Crippen LogP contribution in [0.15, 0.2) is 35.5 Å². The molecule has 2 aromatic heterocycles. The molecule has 1 saturated carbocycles. The van der Waals surface area contributed by atoms with E-state index in [4.69, 9.17) is 16.3 Å². The maximum Gasteiger partial charge on any atom is 0.156 e. The summed E-state index contributed by atoms with van der Waals surface area (Å²) in [5.41, 5.74) is 1.70. The number of methoxy groups -OCH3 is 1. The highest BCUT2D eigenvalue weighted by molar-refractivity contribution is 6.31. The van der Waals surface area contributed by atoms with Crippen molar-refractivity contribution in [1.29, 1.82) is 0 Å². The van der Waals surface area contributed by atoms with Crippen molar-refractivity contribution in [2.45, 2.75) is 44.0 Å². The second-order valence-corrected chi connectivity index (χ2v) is 7.02. The van der Waals surface area contributed by atoms with Crippen LogP contribution < -0.4 is 0 Å². The molecule has 7 heteroatoms. The van der Waals surface area contributed by atoms with Crippen LogP contribution in [0.1, 0.15) is 37.4 Å². The van der Waals surface area contributed by atoms with Crippen LogP contribution in [-0.4, -0.2) is 40.3 Å². The molecule has 1 N–H and O–H groups in total. The lowest BCUT2D eigenvalue weighted by atomic mass is 9.91. The van der Waals surface area contributed by atoms with Gasteiger partial charge in [-0.1, -0.05) is 11.6 Å². The van der Waals surface area contributed by atoms with Crippen LogP contribution in [0.2, 0.25) is 5.02 Å². The minimum atomic E-state index is -0.327. The van der Waals surface area contributed by atoms with Gasteiger partial charge < -0.3 is 14.6 Å². The number of nitrogens with zero attached hydrogens (tertiary/aromatic N) is 3. The number of hydrogen-bond acceptors (Lipinski definition) is 4. The first kappa shape index (κ1) is 16.5. The molecular formula is C18H20ClFN4O. The average molecular weight is 363 g/mol. The zero-order valence-electron chi connectivity index (χ0n) is 14.0. The number of halogens is 2. The van der Waals surface area contributed by atoms with Gasteiger partial charge in [0.1, 0.15) is 11.8 Å². The predicted molar refractivity (Wildman–Crippen MR) is 96.4 cm³/mol. The monoisotopic (exact) mass is 362 g/mol. The Morgan fingerprint density at radius 2 is 2.28 bits per heavy atom. The first-order chi connectivity index (χ1) is 12.2. The van der Waals surface area contributed by atoms with Crippen molar-refractivity contribution in [2.75, 3.05) is 7.11 Å². The van der Waals surface area contributed by atoms with E-state index in [2.05, 4.69) is 15.0 Å². The van der Waals surface area contributed by atoms with Gasteiger partial charge in [-0.2, -0.15) is 0 Å². The van der Waals surface area contributed by atoms with Gasteiger partial charge in [0.25, 0.3) is 0 Å². The number of pyridine rings is 1. The number of nitrogens with one attached hydrogen (secondary N) is 1. The van der Waals surface area contributed by atoms with Crippen LogP contribution in [0.5, 0.6) is 0 Å². The van der Waals surface area contributed by atoms with Gasteiger partial charge in [0.2, 0.25) is 0 Å². The molecule has 2 aromatic rings. The minimum Gasteiger partial charge on any atom is -0.381 e. The van der Waals surface area contributed by atoms with E-state index in [1.54, 1.807) is 19.5 Å². The highest BCUT2D eigenvalue weighted by Crippen LogP contribution is 2.37. The molecule has 25 heavy (non-hydrogen) atoms. The normalized spacial score (nSPS) is 26.9. The molecule has 0 radical (unpaired) electrons. The molecule has 1 fully saturated rings. The molecule has 0 saturated heterocycles. The lowest BCUT2D eigenvalue weighted by Crippen LogP contribution is -2.40. The lowest BCUT2D eigenvalue weighted by Gasteiger charge is -2.40. The Morgan fingerprint density at radius 1 is 1.40 bits per heavy atom. The predicted octanol–water partition coefficient (Wildman–Crippen LogP) is 4.37. The van der Waals surface area contributed by atoms with Gasteiger partial charge in [-0.05, 0) is 31.7 Å². The van der Waals surface area contributed by atoms with E-state index in [1.165, 1.54) is 6.21 Å². The van der Waals surface area contributed by atoms with Crippen LogP contribution >= 0.6 is 11.6 Å². The fourth-order valence-corrected chi connectivity index (χ4v) is 3.99. The number of hydrogen-bond donors (Lipinski definition) is 1. The Morgan fingerprint density at radius 3 is 3.12 bits per heavy atom. The van der Waals surface area contributed by atoms with Gasteiger partial charge in [-0.25, -0.2) is 9.37 Å². The third-order valence-electron chi connectivity index (χ3n) is 5.06. The van der Waals surface area contributed by atoms with Crippen molar-refractivity contribution >= 4 is 28.8 Å². The van der Waals surface area contributed by atoms with E-state index >= 15 is 0 Å². The number of aliphatic imine (C=N–C) groups is 1. The van der Waals surface area contributed by atoms with Crippen molar-refractivity contribution in [3.05, 3.63) is 41.1 Å². The molecule has 3 atom stereocenters. The first-order valence-electron chi connectivity index (χ1n) is 8.49.